The molecule has 0 saturated heterocycles. The lowest BCUT2D eigenvalue weighted by molar-refractivity contribution is -0.141. The molecule has 3 aromatic rings. The Kier molecular flexibility index (Phi) is 15.5. The van der Waals surface area contributed by atoms with E-state index in [0.29, 0.717) is 23.6 Å². The first-order valence-corrected chi connectivity index (χ1v) is 15.7. The summed E-state index contributed by atoms with van der Waals surface area (Å²) in [4.78, 5) is 28.2. The maximum Gasteiger partial charge on any atom is 0.435 e. The van der Waals surface area contributed by atoms with E-state index < -0.39 is 11.9 Å². The van der Waals surface area contributed by atoms with E-state index in [9.17, 15) is 27.2 Å². The summed E-state index contributed by atoms with van der Waals surface area (Å²) >= 11 is 0. The van der Waals surface area contributed by atoms with Crippen LogP contribution < -0.4 is 11.1 Å². The summed E-state index contributed by atoms with van der Waals surface area (Å²) < 4.78 is 53.0. The zero-order valence-corrected chi connectivity index (χ0v) is 28.0. The summed E-state index contributed by atoms with van der Waals surface area (Å²) in [5.74, 6) is 0.480. The number of halogens is 4. The van der Waals surface area contributed by atoms with Crippen LogP contribution in [0.1, 0.15) is 92.3 Å². The molecule has 258 valence electrons. The number of rotatable bonds is 13. The van der Waals surface area contributed by atoms with Gasteiger partial charge in [0.2, 0.25) is 6.41 Å². The van der Waals surface area contributed by atoms with Crippen molar-refractivity contribution in [3.05, 3.63) is 101 Å². The molecule has 1 aliphatic carbocycles. The fourth-order valence-electron chi connectivity index (χ4n) is 4.75. The van der Waals surface area contributed by atoms with Crippen molar-refractivity contribution >= 4 is 36.4 Å². The number of hydrogen-bond acceptors (Lipinski definition) is 6. The number of hydrogen-bond donors (Lipinski definition) is 2. The lowest BCUT2D eigenvalue weighted by Crippen LogP contribution is -2.22. The van der Waals surface area contributed by atoms with E-state index in [1.54, 1.807) is 67.0 Å². The lowest BCUT2D eigenvalue weighted by atomic mass is 9.98. The van der Waals surface area contributed by atoms with Crippen LogP contribution in [0.4, 0.5) is 23.2 Å². The van der Waals surface area contributed by atoms with Crippen molar-refractivity contribution in [2.24, 2.45) is 16.6 Å². The van der Waals surface area contributed by atoms with Crippen LogP contribution in [-0.2, 0) is 11.0 Å². The van der Waals surface area contributed by atoms with Crippen LogP contribution in [0.5, 0.6) is 0 Å². The number of aliphatic imine (C=N–C) groups is 1. The van der Waals surface area contributed by atoms with Crippen LogP contribution in [0, 0.1) is 11.7 Å². The summed E-state index contributed by atoms with van der Waals surface area (Å²) in [6.45, 7) is 11.3. The van der Waals surface area contributed by atoms with E-state index in [4.69, 9.17) is 5.73 Å². The predicted molar refractivity (Wildman–Crippen MR) is 185 cm³/mol. The van der Waals surface area contributed by atoms with Gasteiger partial charge in [0.05, 0.1) is 17.4 Å². The van der Waals surface area contributed by atoms with Crippen molar-refractivity contribution in [2.45, 2.75) is 65.6 Å². The molecule has 1 amide bonds. The molecule has 48 heavy (non-hydrogen) atoms. The number of benzene rings is 2. The quantitative estimate of drug-likeness (QED) is 0.108. The van der Waals surface area contributed by atoms with Gasteiger partial charge in [-0.25, -0.2) is 9.07 Å². The normalized spacial score (nSPS) is 13.4. The molecule has 1 heterocycles. The summed E-state index contributed by atoms with van der Waals surface area (Å²) in [6, 6.07) is 10.3. The molecule has 1 unspecified atom stereocenters. The molecule has 0 aliphatic heterocycles. The minimum atomic E-state index is -4.63. The zero-order chi connectivity index (χ0) is 35.9. The molecular formula is C36H44F4N6O2. The average molecular weight is 669 g/mol. The molecule has 4 rings (SSSR count). The third-order valence-electron chi connectivity index (χ3n) is 7.27. The Morgan fingerprint density at radius 2 is 1.88 bits per heavy atom. The largest absolute Gasteiger partial charge is 0.435 e. The smallest absolute Gasteiger partial charge is 0.399 e. The van der Waals surface area contributed by atoms with Crippen LogP contribution in [-0.4, -0.2) is 40.6 Å². The molecule has 1 aliphatic rings. The van der Waals surface area contributed by atoms with Crippen molar-refractivity contribution in [1.82, 2.24) is 14.7 Å². The summed E-state index contributed by atoms with van der Waals surface area (Å²) in [5.41, 5.74) is 7.63. The summed E-state index contributed by atoms with van der Waals surface area (Å²) in [6.07, 6.45) is 9.50. The van der Waals surface area contributed by atoms with E-state index in [-0.39, 0.29) is 28.9 Å². The number of nitrogens with one attached hydrogen (secondary N) is 1. The second-order valence-corrected chi connectivity index (χ2v) is 10.6. The number of amides is 1. The Labute approximate surface area is 279 Å². The van der Waals surface area contributed by atoms with Gasteiger partial charge >= 0.3 is 6.18 Å². The van der Waals surface area contributed by atoms with Gasteiger partial charge < -0.3 is 16.0 Å². The van der Waals surface area contributed by atoms with Gasteiger partial charge in [-0.05, 0) is 74.1 Å². The molecule has 1 saturated carbocycles. The Hall–Kier alpha value is -5.00. The Morgan fingerprint density at radius 1 is 1.17 bits per heavy atom. The number of allylic oxidation sites excluding steroid dienone is 1. The molecule has 3 N–H and O–H groups in total. The summed E-state index contributed by atoms with van der Waals surface area (Å²) in [5, 5.41) is 6.32. The van der Waals surface area contributed by atoms with E-state index in [1.165, 1.54) is 25.0 Å². The number of aromatic nitrogens is 2. The number of carbonyl (C=O) groups excluding carboxylic acids is 2. The number of nitrogens with two attached hydrogens (primary N) is 1. The molecule has 12 heteroatoms. The van der Waals surface area contributed by atoms with E-state index in [2.05, 4.69) is 22.0 Å². The summed E-state index contributed by atoms with van der Waals surface area (Å²) in [7, 11) is 1.69. The van der Waals surface area contributed by atoms with Crippen molar-refractivity contribution in [1.29, 1.82) is 0 Å². The second kappa shape index (κ2) is 19.0. The number of anilines is 1. The lowest BCUT2D eigenvalue weighted by Gasteiger charge is -2.26. The molecular weight excluding hydrogens is 624 g/mol. The van der Waals surface area contributed by atoms with E-state index in [0.717, 1.165) is 41.0 Å². The second-order valence-electron chi connectivity index (χ2n) is 10.6. The molecule has 8 nitrogen and oxygen atoms in total. The first kappa shape index (κ1) is 39.2. The Bertz CT molecular complexity index is 1610. The van der Waals surface area contributed by atoms with Gasteiger partial charge in [0.15, 0.2) is 12.0 Å². The number of nitrogens with zero attached hydrogens (tertiary/aromatic N) is 4. The minimum absolute atomic E-state index is 0.107. The minimum Gasteiger partial charge on any atom is -0.399 e. The third kappa shape index (κ3) is 11.1. The molecule has 1 aromatic heterocycles. The predicted octanol–water partition coefficient (Wildman–Crippen LogP) is 8.81. The highest BCUT2D eigenvalue weighted by Crippen LogP contribution is 2.38. The van der Waals surface area contributed by atoms with Gasteiger partial charge in [0.25, 0.3) is 0 Å². The number of aldehydes is 1. The average Bonchev–Trinajstić information content (AvgIpc) is 3.80. The Morgan fingerprint density at radius 3 is 2.42 bits per heavy atom. The van der Waals surface area contributed by atoms with Crippen LogP contribution in [0.25, 0.3) is 17.5 Å². The van der Waals surface area contributed by atoms with Gasteiger partial charge in [0.1, 0.15) is 11.5 Å². The van der Waals surface area contributed by atoms with Crippen LogP contribution >= 0.6 is 0 Å². The van der Waals surface area contributed by atoms with Crippen molar-refractivity contribution in [3.8, 4) is 5.69 Å². The number of alkyl halides is 3. The van der Waals surface area contributed by atoms with Crippen LogP contribution in [0.3, 0.4) is 0 Å². The fraction of sp³-hybridized carbons (Fsp3) is 0.333. The van der Waals surface area contributed by atoms with Crippen molar-refractivity contribution in [2.75, 3.05) is 12.4 Å². The topological polar surface area (TPSA) is 106 Å². The van der Waals surface area contributed by atoms with Gasteiger partial charge in [-0.3, -0.25) is 14.6 Å². The third-order valence-corrected chi connectivity index (χ3v) is 7.27. The highest BCUT2D eigenvalue weighted by atomic mass is 19.4. The molecule has 1 atom stereocenters. The standard InChI is InChI=1S/C18H24FN3O.C16H14F3N3O.C2H6/c1-3-21-10-11-22(13-23)18(9-6-14-4-5-14)15-7-8-16(19)17(12-15)20-2;1-3-4-11-5-6-12(7-14(11)10(2)20)22-13(9-23)8-15(21-22)16(17,18)19;1-2/h3,7-8,10-14,18,20H,4-6,9H2,1-2H3;3-9H,2,20H2,1H3;1-2H3/b11-10-,21-3?;4-3-;. The first-order valence-electron chi connectivity index (χ1n) is 15.7. The van der Waals surface area contributed by atoms with Crippen molar-refractivity contribution < 1.29 is 27.2 Å². The van der Waals surface area contributed by atoms with Crippen LogP contribution in [0.2, 0.25) is 0 Å². The fourth-order valence-corrected chi connectivity index (χ4v) is 4.75. The van der Waals surface area contributed by atoms with Crippen molar-refractivity contribution in [3.63, 3.8) is 0 Å². The van der Waals surface area contributed by atoms with E-state index >= 15 is 0 Å². The van der Waals surface area contributed by atoms with Gasteiger partial charge in [-0.15, -0.1) is 0 Å². The SMILES string of the molecule is C=C(N)c1cc(-n2nc(C(F)(F)F)cc2C=O)ccc1/C=C\C.CC.CC=N/C=C\N(C=O)C(CCC1CC1)c1ccc(F)c(NC)c1. The highest BCUT2D eigenvalue weighted by molar-refractivity contribution is 5.76. The van der Waals surface area contributed by atoms with Gasteiger partial charge in [-0.1, -0.05) is 57.6 Å². The maximum atomic E-state index is 13.7. The monoisotopic (exact) mass is 668 g/mol. The molecule has 0 bridgehead atoms. The zero-order valence-electron chi connectivity index (χ0n) is 28.0. The maximum absolute atomic E-state index is 13.7. The van der Waals surface area contributed by atoms with Gasteiger partial charge in [-0.2, -0.15) is 18.3 Å². The molecule has 1 fully saturated rings. The Balaban J connectivity index is 0.000000317. The highest BCUT2D eigenvalue weighted by Gasteiger charge is 2.35. The first-order chi connectivity index (χ1) is 23.0. The molecule has 0 spiro atoms. The van der Waals surface area contributed by atoms with Crippen LogP contribution in [0.15, 0.2) is 72.5 Å². The molecule has 2 aromatic carbocycles. The number of carbonyl (C=O) groups is 2. The van der Waals surface area contributed by atoms with Gasteiger partial charge in [0, 0.05) is 36.9 Å². The molecule has 0 radical (unpaired) electrons. The van der Waals surface area contributed by atoms with E-state index in [1.807, 2.05) is 27.7 Å².